The van der Waals surface area contributed by atoms with Gasteiger partial charge in [-0.05, 0) is 61.9 Å². The SMILES string of the molecule is Cc1c(CC(=O)CN2CCCC2=O)cc(Cl)cc1CN1CCN(C(=O)C2CCCC2)[C@@H](C)C1. The first-order valence-electron chi connectivity index (χ1n) is 12.4. The predicted octanol–water partition coefficient (Wildman–Crippen LogP) is 3.61. The summed E-state index contributed by atoms with van der Waals surface area (Å²) in [5, 5.41) is 0.638. The summed E-state index contributed by atoms with van der Waals surface area (Å²) in [6, 6.07) is 4.07. The van der Waals surface area contributed by atoms with Crippen molar-refractivity contribution in [2.45, 2.75) is 71.4 Å². The van der Waals surface area contributed by atoms with Crippen LogP contribution in [-0.4, -0.2) is 71.1 Å². The van der Waals surface area contributed by atoms with Crippen LogP contribution in [0.3, 0.4) is 0 Å². The Morgan fingerprint density at radius 3 is 2.45 bits per heavy atom. The van der Waals surface area contributed by atoms with E-state index in [1.807, 2.05) is 12.1 Å². The van der Waals surface area contributed by atoms with Crippen LogP contribution < -0.4 is 0 Å². The molecule has 1 saturated carbocycles. The molecule has 0 unspecified atom stereocenters. The van der Waals surface area contributed by atoms with Gasteiger partial charge < -0.3 is 9.80 Å². The Labute approximate surface area is 202 Å². The Kier molecular flexibility index (Phi) is 7.75. The highest BCUT2D eigenvalue weighted by atomic mass is 35.5. The Bertz CT molecular complexity index is 912. The van der Waals surface area contributed by atoms with Crippen LogP contribution in [0.5, 0.6) is 0 Å². The molecule has 4 rings (SSSR count). The number of nitrogens with zero attached hydrogens (tertiary/aromatic N) is 3. The summed E-state index contributed by atoms with van der Waals surface area (Å²) < 4.78 is 0. The number of carbonyl (C=O) groups is 3. The monoisotopic (exact) mass is 473 g/mol. The number of carbonyl (C=O) groups excluding carboxylic acids is 3. The summed E-state index contributed by atoms with van der Waals surface area (Å²) in [6.07, 6.45) is 6.12. The number of benzene rings is 1. The Morgan fingerprint density at radius 2 is 1.79 bits per heavy atom. The molecule has 0 aromatic heterocycles. The molecule has 2 amide bonds. The number of ketones is 1. The number of hydrogen-bond donors (Lipinski definition) is 0. The Morgan fingerprint density at radius 1 is 1.06 bits per heavy atom. The summed E-state index contributed by atoms with van der Waals surface area (Å²) in [5.74, 6) is 0.696. The second kappa shape index (κ2) is 10.6. The molecule has 33 heavy (non-hydrogen) atoms. The van der Waals surface area contributed by atoms with Crippen molar-refractivity contribution < 1.29 is 14.4 Å². The smallest absolute Gasteiger partial charge is 0.226 e. The van der Waals surface area contributed by atoms with Gasteiger partial charge in [0.05, 0.1) is 6.54 Å². The lowest BCUT2D eigenvalue weighted by molar-refractivity contribution is -0.140. The molecule has 0 bridgehead atoms. The van der Waals surface area contributed by atoms with Crippen LogP contribution in [0.1, 0.15) is 62.1 Å². The van der Waals surface area contributed by atoms with E-state index in [1.165, 1.54) is 12.8 Å². The average Bonchev–Trinajstić information content (AvgIpc) is 3.43. The molecule has 1 atom stereocenters. The normalized spacial score (nSPS) is 22.4. The Hall–Kier alpha value is -1.92. The van der Waals surface area contributed by atoms with Gasteiger partial charge in [-0.25, -0.2) is 0 Å². The van der Waals surface area contributed by atoms with Crippen LogP contribution in [0, 0.1) is 12.8 Å². The van der Waals surface area contributed by atoms with Gasteiger partial charge in [0, 0.05) is 62.5 Å². The van der Waals surface area contributed by atoms with Gasteiger partial charge in [-0.15, -0.1) is 0 Å². The van der Waals surface area contributed by atoms with E-state index in [1.54, 1.807) is 4.90 Å². The minimum atomic E-state index is 0.0502. The molecule has 2 heterocycles. The van der Waals surface area contributed by atoms with E-state index in [2.05, 4.69) is 23.6 Å². The third-order valence-electron chi connectivity index (χ3n) is 7.61. The van der Waals surface area contributed by atoms with E-state index in [-0.39, 0.29) is 30.2 Å². The molecule has 6 nitrogen and oxygen atoms in total. The van der Waals surface area contributed by atoms with Crippen molar-refractivity contribution in [2.24, 2.45) is 5.92 Å². The molecular formula is C26H36ClN3O3. The fraction of sp³-hybridized carbons (Fsp3) is 0.654. The van der Waals surface area contributed by atoms with Crippen molar-refractivity contribution in [3.63, 3.8) is 0 Å². The number of hydrogen-bond acceptors (Lipinski definition) is 4. The van der Waals surface area contributed by atoms with Crippen molar-refractivity contribution in [1.29, 1.82) is 0 Å². The molecular weight excluding hydrogens is 438 g/mol. The van der Waals surface area contributed by atoms with Gasteiger partial charge in [-0.1, -0.05) is 24.4 Å². The van der Waals surface area contributed by atoms with Gasteiger partial charge >= 0.3 is 0 Å². The molecule has 3 fully saturated rings. The third kappa shape index (κ3) is 5.78. The maximum atomic E-state index is 12.9. The highest BCUT2D eigenvalue weighted by molar-refractivity contribution is 6.30. The fourth-order valence-corrected chi connectivity index (χ4v) is 5.91. The van der Waals surface area contributed by atoms with Crippen LogP contribution in [-0.2, 0) is 27.3 Å². The van der Waals surface area contributed by atoms with Crippen molar-refractivity contribution in [2.75, 3.05) is 32.7 Å². The van der Waals surface area contributed by atoms with Gasteiger partial charge in [0.1, 0.15) is 0 Å². The van der Waals surface area contributed by atoms with Gasteiger partial charge in [-0.2, -0.15) is 0 Å². The van der Waals surface area contributed by atoms with Gasteiger partial charge in [-0.3, -0.25) is 19.3 Å². The van der Waals surface area contributed by atoms with Crippen LogP contribution in [0.2, 0.25) is 5.02 Å². The third-order valence-corrected chi connectivity index (χ3v) is 7.83. The molecule has 3 aliphatic rings. The van der Waals surface area contributed by atoms with E-state index < -0.39 is 0 Å². The Balaban J connectivity index is 1.37. The highest BCUT2D eigenvalue weighted by Gasteiger charge is 2.33. The first-order chi connectivity index (χ1) is 15.8. The second-order valence-corrected chi connectivity index (χ2v) is 10.5. The van der Waals surface area contributed by atoms with Gasteiger partial charge in [0.15, 0.2) is 5.78 Å². The lowest BCUT2D eigenvalue weighted by Crippen LogP contribution is -2.54. The second-order valence-electron chi connectivity index (χ2n) is 10.1. The number of rotatable bonds is 7. The number of amides is 2. The van der Waals surface area contributed by atoms with Crippen molar-refractivity contribution in [3.05, 3.63) is 33.8 Å². The molecule has 0 N–H and O–H groups in total. The lowest BCUT2D eigenvalue weighted by Gasteiger charge is -2.41. The lowest BCUT2D eigenvalue weighted by atomic mass is 9.97. The number of halogens is 1. The molecule has 7 heteroatoms. The molecule has 0 spiro atoms. The summed E-state index contributed by atoms with van der Waals surface area (Å²) in [4.78, 5) is 43.5. The zero-order valence-corrected chi connectivity index (χ0v) is 20.7. The predicted molar refractivity (Wildman–Crippen MR) is 129 cm³/mol. The first kappa shape index (κ1) is 24.2. The van der Waals surface area contributed by atoms with Crippen LogP contribution in [0.15, 0.2) is 12.1 Å². The first-order valence-corrected chi connectivity index (χ1v) is 12.8. The standard InChI is InChI=1S/C26H36ClN3O3/c1-18-15-28(10-11-30(18)26(33)20-6-3-4-7-20)16-22-13-23(27)12-21(19(22)2)14-24(31)17-29-9-5-8-25(29)32/h12-13,18,20H,3-11,14-17H2,1-2H3/t18-/m0/s1. The fourth-order valence-electron chi connectivity index (χ4n) is 5.65. The zero-order valence-electron chi connectivity index (χ0n) is 19.9. The number of likely N-dealkylation sites (tertiary alicyclic amines) is 1. The largest absolute Gasteiger partial charge is 0.337 e. The minimum Gasteiger partial charge on any atom is -0.337 e. The zero-order chi connectivity index (χ0) is 23.5. The quantitative estimate of drug-likeness (QED) is 0.607. The van der Waals surface area contributed by atoms with E-state index in [9.17, 15) is 14.4 Å². The summed E-state index contributed by atoms with van der Waals surface area (Å²) in [5.41, 5.74) is 3.17. The summed E-state index contributed by atoms with van der Waals surface area (Å²) in [6.45, 7) is 8.29. The molecule has 2 aliphatic heterocycles. The van der Waals surface area contributed by atoms with E-state index in [0.29, 0.717) is 30.3 Å². The minimum absolute atomic E-state index is 0.0502. The van der Waals surface area contributed by atoms with Crippen molar-refractivity contribution >= 4 is 29.2 Å². The number of piperazine rings is 1. The summed E-state index contributed by atoms with van der Waals surface area (Å²) >= 11 is 6.44. The maximum Gasteiger partial charge on any atom is 0.226 e. The highest BCUT2D eigenvalue weighted by Crippen LogP contribution is 2.29. The van der Waals surface area contributed by atoms with Crippen LogP contribution >= 0.6 is 11.6 Å². The van der Waals surface area contributed by atoms with Gasteiger partial charge in [0.2, 0.25) is 11.8 Å². The van der Waals surface area contributed by atoms with Crippen molar-refractivity contribution in [3.8, 4) is 0 Å². The summed E-state index contributed by atoms with van der Waals surface area (Å²) in [7, 11) is 0. The molecule has 180 valence electrons. The maximum absolute atomic E-state index is 12.9. The van der Waals surface area contributed by atoms with E-state index >= 15 is 0 Å². The molecule has 1 aromatic rings. The average molecular weight is 474 g/mol. The molecule has 0 radical (unpaired) electrons. The van der Waals surface area contributed by atoms with Crippen LogP contribution in [0.25, 0.3) is 0 Å². The van der Waals surface area contributed by atoms with Gasteiger partial charge in [0.25, 0.3) is 0 Å². The molecule has 2 saturated heterocycles. The molecule has 1 aromatic carbocycles. The van der Waals surface area contributed by atoms with E-state index in [4.69, 9.17) is 11.6 Å². The molecule has 1 aliphatic carbocycles. The van der Waals surface area contributed by atoms with E-state index in [0.717, 1.165) is 62.1 Å². The van der Waals surface area contributed by atoms with Crippen LogP contribution in [0.4, 0.5) is 0 Å². The van der Waals surface area contributed by atoms with Crippen molar-refractivity contribution in [1.82, 2.24) is 14.7 Å². The number of Topliss-reactive ketones (excluding diaryl/α,β-unsaturated/α-hetero) is 1. The topological polar surface area (TPSA) is 60.9 Å².